The summed E-state index contributed by atoms with van der Waals surface area (Å²) in [6.07, 6.45) is 16.8. The van der Waals surface area contributed by atoms with Gasteiger partial charge >= 0.3 is 0 Å². The summed E-state index contributed by atoms with van der Waals surface area (Å²) in [5, 5.41) is 9.75. The van der Waals surface area contributed by atoms with Crippen LogP contribution in [0.2, 0.25) is 0 Å². The van der Waals surface area contributed by atoms with Crippen LogP contribution in [0.3, 0.4) is 0 Å². The smallest absolute Gasteiger partial charge is 0.156 e. The molecule has 126 valence electrons. The van der Waals surface area contributed by atoms with E-state index in [1.807, 2.05) is 0 Å². The van der Waals surface area contributed by atoms with Gasteiger partial charge in [0.15, 0.2) is 5.76 Å². The minimum absolute atomic E-state index is 0.0245. The Bertz CT molecular complexity index is 535. The number of hydrogen-bond donors (Lipinski definition) is 1. The molecule has 4 nitrogen and oxygen atoms in total. The van der Waals surface area contributed by atoms with E-state index in [0.29, 0.717) is 0 Å². The Hall–Kier alpha value is -1.52. The molecular formula is C19H27NO3. The van der Waals surface area contributed by atoms with Crippen LogP contribution in [-0.4, -0.2) is 35.7 Å². The average molecular weight is 317 g/mol. The van der Waals surface area contributed by atoms with Crippen molar-refractivity contribution in [3.05, 3.63) is 48.3 Å². The Morgan fingerprint density at radius 3 is 3.00 bits per heavy atom. The molecule has 3 rings (SSSR count). The molecule has 1 aliphatic carbocycles. The lowest BCUT2D eigenvalue weighted by molar-refractivity contribution is 0.0201. The molecule has 0 bridgehead atoms. The van der Waals surface area contributed by atoms with Crippen molar-refractivity contribution < 1.29 is 14.6 Å². The Kier molecular flexibility index (Phi) is 5.23. The van der Waals surface area contributed by atoms with Gasteiger partial charge in [-0.2, -0.15) is 0 Å². The summed E-state index contributed by atoms with van der Waals surface area (Å²) in [7, 11) is 0. The van der Waals surface area contributed by atoms with E-state index in [4.69, 9.17) is 9.47 Å². The fraction of sp³-hybridized carbons (Fsp3) is 0.579. The van der Waals surface area contributed by atoms with Crippen molar-refractivity contribution in [1.82, 2.24) is 4.90 Å². The van der Waals surface area contributed by atoms with Crippen LogP contribution >= 0.6 is 0 Å². The molecule has 2 heterocycles. The Morgan fingerprint density at radius 2 is 2.30 bits per heavy atom. The van der Waals surface area contributed by atoms with E-state index in [1.54, 1.807) is 18.8 Å². The van der Waals surface area contributed by atoms with E-state index in [0.717, 1.165) is 51.0 Å². The first-order valence-corrected chi connectivity index (χ1v) is 8.57. The van der Waals surface area contributed by atoms with Crippen LogP contribution < -0.4 is 0 Å². The van der Waals surface area contributed by atoms with Gasteiger partial charge in [-0.05, 0) is 38.6 Å². The summed E-state index contributed by atoms with van der Waals surface area (Å²) in [6, 6.07) is 0.170. The first-order valence-electron chi connectivity index (χ1n) is 8.57. The van der Waals surface area contributed by atoms with Gasteiger partial charge in [0.2, 0.25) is 0 Å². The Labute approximate surface area is 138 Å². The predicted octanol–water partition coefficient (Wildman–Crippen LogP) is 3.48. The molecule has 23 heavy (non-hydrogen) atoms. The van der Waals surface area contributed by atoms with E-state index in [2.05, 4.69) is 30.1 Å². The van der Waals surface area contributed by atoms with Gasteiger partial charge < -0.3 is 14.6 Å². The van der Waals surface area contributed by atoms with Gasteiger partial charge in [0.05, 0.1) is 6.04 Å². The van der Waals surface area contributed by atoms with Gasteiger partial charge in [0.1, 0.15) is 18.8 Å². The van der Waals surface area contributed by atoms with E-state index >= 15 is 0 Å². The van der Waals surface area contributed by atoms with Gasteiger partial charge in [-0.25, -0.2) is 0 Å². The number of likely N-dealkylation sites (tertiary alicyclic amines) is 1. The number of piperidine rings is 1. The second-order valence-corrected chi connectivity index (χ2v) is 7.10. The number of ether oxygens (including phenoxy) is 2. The molecule has 0 amide bonds. The molecule has 0 radical (unpaired) electrons. The summed E-state index contributed by atoms with van der Waals surface area (Å²) >= 11 is 0. The highest BCUT2D eigenvalue weighted by atomic mass is 16.5. The van der Waals surface area contributed by atoms with Crippen molar-refractivity contribution in [1.29, 1.82) is 0 Å². The van der Waals surface area contributed by atoms with Gasteiger partial charge in [-0.3, -0.25) is 4.90 Å². The van der Waals surface area contributed by atoms with Crippen molar-refractivity contribution >= 4 is 0 Å². The SMILES string of the molecule is CC1(CO)CCCN(C(CC2=CC=CCC2)C2=COC=CO2)C1. The molecule has 1 N–H and O–H groups in total. The predicted molar refractivity (Wildman–Crippen MR) is 90.3 cm³/mol. The monoisotopic (exact) mass is 317 g/mol. The lowest BCUT2D eigenvalue weighted by Crippen LogP contribution is -2.49. The molecule has 1 saturated heterocycles. The number of allylic oxidation sites excluding steroid dienone is 3. The minimum Gasteiger partial charge on any atom is -0.466 e. The summed E-state index contributed by atoms with van der Waals surface area (Å²) in [6.45, 7) is 4.33. The lowest BCUT2D eigenvalue weighted by Gasteiger charge is -2.43. The zero-order chi connectivity index (χ0) is 16.1. The molecule has 2 unspecified atom stereocenters. The van der Waals surface area contributed by atoms with Gasteiger partial charge in [0, 0.05) is 18.6 Å². The van der Waals surface area contributed by atoms with Crippen molar-refractivity contribution in [3.63, 3.8) is 0 Å². The second-order valence-electron chi connectivity index (χ2n) is 7.10. The maximum absolute atomic E-state index is 9.75. The highest BCUT2D eigenvalue weighted by Crippen LogP contribution is 2.34. The molecule has 2 aliphatic heterocycles. The van der Waals surface area contributed by atoms with E-state index in [-0.39, 0.29) is 18.1 Å². The third-order valence-electron chi connectivity index (χ3n) is 5.04. The number of aliphatic hydroxyl groups is 1. The third-order valence-corrected chi connectivity index (χ3v) is 5.04. The quantitative estimate of drug-likeness (QED) is 0.843. The molecule has 0 aromatic rings. The number of hydrogen-bond acceptors (Lipinski definition) is 4. The molecule has 3 aliphatic rings. The molecule has 0 aromatic heterocycles. The first kappa shape index (κ1) is 16.3. The topological polar surface area (TPSA) is 41.9 Å². The summed E-state index contributed by atoms with van der Waals surface area (Å²) in [5.74, 6) is 0.866. The lowest BCUT2D eigenvalue weighted by atomic mass is 9.81. The average Bonchev–Trinajstić information content (AvgIpc) is 2.61. The van der Waals surface area contributed by atoms with E-state index in [1.165, 1.54) is 5.57 Å². The Balaban J connectivity index is 1.78. The standard InChI is InChI=1S/C19H27NO3/c1-19(15-21)8-5-9-20(14-19)17(18-13-22-10-11-23-18)12-16-6-3-2-4-7-16/h2-3,6,10-11,13,17,21H,4-5,7-9,12,14-15H2,1H3. The van der Waals surface area contributed by atoms with Crippen molar-refractivity contribution in [2.24, 2.45) is 5.41 Å². The zero-order valence-electron chi connectivity index (χ0n) is 13.9. The van der Waals surface area contributed by atoms with Crippen LogP contribution in [0.4, 0.5) is 0 Å². The second kappa shape index (κ2) is 7.37. The maximum Gasteiger partial charge on any atom is 0.156 e. The van der Waals surface area contributed by atoms with Crippen LogP contribution in [0.1, 0.15) is 39.0 Å². The molecule has 0 saturated carbocycles. The maximum atomic E-state index is 9.75. The van der Waals surface area contributed by atoms with Gasteiger partial charge in [-0.1, -0.05) is 30.7 Å². The number of aliphatic hydroxyl groups excluding tert-OH is 1. The van der Waals surface area contributed by atoms with Crippen LogP contribution in [0.5, 0.6) is 0 Å². The molecule has 0 spiro atoms. The summed E-state index contributed by atoms with van der Waals surface area (Å²) in [4.78, 5) is 2.45. The van der Waals surface area contributed by atoms with Crippen molar-refractivity contribution in [3.8, 4) is 0 Å². The molecular weight excluding hydrogens is 290 g/mol. The fourth-order valence-corrected chi connectivity index (χ4v) is 3.66. The normalized spacial score (nSPS) is 29.3. The van der Waals surface area contributed by atoms with E-state index in [9.17, 15) is 5.11 Å². The van der Waals surface area contributed by atoms with Crippen molar-refractivity contribution in [2.45, 2.75) is 45.1 Å². The van der Waals surface area contributed by atoms with Gasteiger partial charge in [0.25, 0.3) is 0 Å². The first-order chi connectivity index (χ1) is 11.2. The molecule has 1 fully saturated rings. The highest BCUT2D eigenvalue weighted by Gasteiger charge is 2.36. The summed E-state index contributed by atoms with van der Waals surface area (Å²) < 4.78 is 11.1. The third kappa shape index (κ3) is 4.06. The Morgan fingerprint density at radius 1 is 1.39 bits per heavy atom. The summed E-state index contributed by atoms with van der Waals surface area (Å²) in [5.41, 5.74) is 1.43. The molecule has 0 aromatic carbocycles. The minimum atomic E-state index is -0.0245. The van der Waals surface area contributed by atoms with Crippen LogP contribution in [-0.2, 0) is 9.47 Å². The van der Waals surface area contributed by atoms with Crippen LogP contribution in [0, 0.1) is 5.41 Å². The van der Waals surface area contributed by atoms with E-state index < -0.39 is 0 Å². The van der Waals surface area contributed by atoms with Crippen LogP contribution in [0.15, 0.2) is 48.3 Å². The van der Waals surface area contributed by atoms with Crippen molar-refractivity contribution in [2.75, 3.05) is 19.7 Å². The highest BCUT2D eigenvalue weighted by molar-refractivity contribution is 5.21. The number of nitrogens with zero attached hydrogens (tertiary/aromatic N) is 1. The van der Waals surface area contributed by atoms with Crippen LogP contribution in [0.25, 0.3) is 0 Å². The van der Waals surface area contributed by atoms with Gasteiger partial charge in [-0.15, -0.1) is 0 Å². The largest absolute Gasteiger partial charge is 0.466 e. The fourth-order valence-electron chi connectivity index (χ4n) is 3.66. The zero-order valence-corrected chi connectivity index (χ0v) is 13.9. The molecule has 2 atom stereocenters. The number of rotatable bonds is 5. The molecule has 4 heteroatoms.